The Hall–Kier alpha value is -1.80. The molecule has 0 bridgehead atoms. The van der Waals surface area contributed by atoms with Crippen molar-refractivity contribution in [3.63, 3.8) is 0 Å². The monoisotopic (exact) mass is 281 g/mol. The molecule has 1 saturated carbocycles. The summed E-state index contributed by atoms with van der Waals surface area (Å²) < 4.78 is 5.87. The van der Waals surface area contributed by atoms with Gasteiger partial charge in [0.15, 0.2) is 0 Å². The summed E-state index contributed by atoms with van der Waals surface area (Å²) in [5.41, 5.74) is 1.28. The van der Waals surface area contributed by atoms with Crippen LogP contribution in [0, 0.1) is 5.92 Å². The van der Waals surface area contributed by atoms with Crippen LogP contribution in [0.2, 0.25) is 0 Å². The lowest BCUT2D eigenvalue weighted by molar-refractivity contribution is 0.477. The van der Waals surface area contributed by atoms with Crippen LogP contribution in [0.3, 0.4) is 0 Å². The van der Waals surface area contributed by atoms with Crippen LogP contribution in [-0.4, -0.2) is 6.54 Å². The van der Waals surface area contributed by atoms with Gasteiger partial charge in [0.2, 0.25) is 0 Å². The largest absolute Gasteiger partial charge is 0.457 e. The van der Waals surface area contributed by atoms with Crippen molar-refractivity contribution in [3.8, 4) is 11.5 Å². The molecule has 2 aromatic rings. The van der Waals surface area contributed by atoms with E-state index in [1.165, 1.54) is 31.2 Å². The van der Waals surface area contributed by atoms with E-state index in [1.54, 1.807) is 0 Å². The molecule has 0 heterocycles. The summed E-state index contributed by atoms with van der Waals surface area (Å²) in [7, 11) is 0. The maximum atomic E-state index is 5.87. The normalized spacial score (nSPS) is 15.2. The SMILES string of the molecule is c1ccc(Oc2cccc(CNCC3CCCC3)c2)cc1. The van der Waals surface area contributed by atoms with Gasteiger partial charge < -0.3 is 10.1 Å². The van der Waals surface area contributed by atoms with E-state index in [0.29, 0.717) is 0 Å². The number of hydrogen-bond donors (Lipinski definition) is 1. The van der Waals surface area contributed by atoms with Gasteiger partial charge in [-0.25, -0.2) is 0 Å². The molecule has 1 aliphatic rings. The first-order chi connectivity index (χ1) is 10.4. The summed E-state index contributed by atoms with van der Waals surface area (Å²) in [5.74, 6) is 2.67. The molecule has 110 valence electrons. The minimum absolute atomic E-state index is 0.883. The Morgan fingerprint density at radius 3 is 2.48 bits per heavy atom. The zero-order valence-electron chi connectivity index (χ0n) is 12.4. The van der Waals surface area contributed by atoms with Gasteiger partial charge in [0.1, 0.15) is 11.5 Å². The van der Waals surface area contributed by atoms with E-state index in [2.05, 4.69) is 23.5 Å². The Morgan fingerprint density at radius 2 is 1.67 bits per heavy atom. The van der Waals surface area contributed by atoms with Gasteiger partial charge in [-0.1, -0.05) is 43.2 Å². The van der Waals surface area contributed by atoms with Gasteiger partial charge in [-0.2, -0.15) is 0 Å². The fourth-order valence-corrected chi connectivity index (χ4v) is 2.98. The third-order valence-corrected chi connectivity index (χ3v) is 4.11. The molecule has 3 rings (SSSR count). The van der Waals surface area contributed by atoms with E-state index < -0.39 is 0 Å². The van der Waals surface area contributed by atoms with E-state index >= 15 is 0 Å². The quantitative estimate of drug-likeness (QED) is 0.824. The van der Waals surface area contributed by atoms with Gasteiger partial charge in [-0.3, -0.25) is 0 Å². The van der Waals surface area contributed by atoms with E-state index in [0.717, 1.165) is 30.5 Å². The molecule has 21 heavy (non-hydrogen) atoms. The first-order valence-electron chi connectivity index (χ1n) is 7.93. The van der Waals surface area contributed by atoms with Crippen LogP contribution >= 0.6 is 0 Å². The number of hydrogen-bond acceptors (Lipinski definition) is 2. The van der Waals surface area contributed by atoms with Crippen LogP contribution in [0.1, 0.15) is 31.2 Å². The molecule has 0 aliphatic heterocycles. The molecule has 2 nitrogen and oxygen atoms in total. The molecule has 0 atom stereocenters. The van der Waals surface area contributed by atoms with E-state index in [1.807, 2.05) is 36.4 Å². The predicted molar refractivity (Wildman–Crippen MR) is 86.6 cm³/mol. The van der Waals surface area contributed by atoms with Crippen LogP contribution in [0.15, 0.2) is 54.6 Å². The molecule has 1 aliphatic carbocycles. The van der Waals surface area contributed by atoms with Crippen molar-refractivity contribution in [1.82, 2.24) is 5.32 Å². The zero-order valence-corrected chi connectivity index (χ0v) is 12.4. The van der Waals surface area contributed by atoms with Crippen molar-refractivity contribution in [2.75, 3.05) is 6.54 Å². The number of rotatable bonds is 6. The molecule has 1 fully saturated rings. The molecule has 0 saturated heterocycles. The Labute approximate surface area is 127 Å². The molecule has 0 radical (unpaired) electrons. The third-order valence-electron chi connectivity index (χ3n) is 4.11. The molecule has 0 spiro atoms. The van der Waals surface area contributed by atoms with Gasteiger partial charge >= 0.3 is 0 Å². The lowest BCUT2D eigenvalue weighted by Gasteiger charge is -2.11. The smallest absolute Gasteiger partial charge is 0.127 e. The van der Waals surface area contributed by atoms with Gasteiger partial charge in [0.25, 0.3) is 0 Å². The van der Waals surface area contributed by atoms with Crippen molar-refractivity contribution in [3.05, 3.63) is 60.2 Å². The first-order valence-corrected chi connectivity index (χ1v) is 7.93. The van der Waals surface area contributed by atoms with Gasteiger partial charge in [-0.15, -0.1) is 0 Å². The molecule has 0 amide bonds. The van der Waals surface area contributed by atoms with Crippen LogP contribution in [-0.2, 0) is 6.54 Å². The number of nitrogens with one attached hydrogen (secondary N) is 1. The third kappa shape index (κ3) is 4.33. The standard InChI is InChI=1S/C19H23NO/c1-2-10-18(11-3-1)21-19-12-6-9-17(13-19)15-20-14-16-7-4-5-8-16/h1-3,6,9-13,16,20H,4-5,7-8,14-15H2. The summed E-state index contributed by atoms with van der Waals surface area (Å²) in [6.07, 6.45) is 5.60. The summed E-state index contributed by atoms with van der Waals surface area (Å²) in [6.45, 7) is 2.06. The van der Waals surface area contributed by atoms with Gasteiger partial charge in [0, 0.05) is 6.54 Å². The first kappa shape index (κ1) is 14.2. The summed E-state index contributed by atoms with van der Waals surface area (Å²) in [6, 6.07) is 18.3. The fourth-order valence-electron chi connectivity index (χ4n) is 2.98. The summed E-state index contributed by atoms with van der Waals surface area (Å²) >= 11 is 0. The van der Waals surface area contributed by atoms with Gasteiger partial charge in [0.05, 0.1) is 0 Å². The van der Waals surface area contributed by atoms with Crippen LogP contribution in [0.5, 0.6) is 11.5 Å². The number of ether oxygens (including phenoxy) is 1. The maximum absolute atomic E-state index is 5.87. The topological polar surface area (TPSA) is 21.3 Å². The molecular formula is C19H23NO. The van der Waals surface area contributed by atoms with Crippen molar-refractivity contribution in [1.29, 1.82) is 0 Å². The molecule has 2 heteroatoms. The molecular weight excluding hydrogens is 258 g/mol. The average Bonchev–Trinajstić information content (AvgIpc) is 3.02. The molecule has 1 N–H and O–H groups in total. The molecule has 0 aromatic heterocycles. The maximum Gasteiger partial charge on any atom is 0.127 e. The number of benzene rings is 2. The van der Waals surface area contributed by atoms with Crippen LogP contribution < -0.4 is 10.1 Å². The minimum Gasteiger partial charge on any atom is -0.457 e. The highest BCUT2D eigenvalue weighted by atomic mass is 16.5. The highest BCUT2D eigenvalue weighted by molar-refractivity contribution is 5.33. The predicted octanol–water partition coefficient (Wildman–Crippen LogP) is 4.76. The fraction of sp³-hybridized carbons (Fsp3) is 0.368. The average molecular weight is 281 g/mol. The summed E-state index contributed by atoms with van der Waals surface area (Å²) in [4.78, 5) is 0. The molecule has 0 unspecified atom stereocenters. The molecule has 2 aromatic carbocycles. The van der Waals surface area contributed by atoms with E-state index in [9.17, 15) is 0 Å². The number of para-hydroxylation sites is 1. The Balaban J connectivity index is 1.53. The van der Waals surface area contributed by atoms with Crippen molar-refractivity contribution >= 4 is 0 Å². The van der Waals surface area contributed by atoms with E-state index in [4.69, 9.17) is 4.74 Å². The van der Waals surface area contributed by atoms with Gasteiger partial charge in [-0.05, 0) is 55.1 Å². The lowest BCUT2D eigenvalue weighted by atomic mass is 10.1. The van der Waals surface area contributed by atoms with Crippen LogP contribution in [0.25, 0.3) is 0 Å². The second-order valence-electron chi connectivity index (χ2n) is 5.84. The zero-order chi connectivity index (χ0) is 14.3. The second kappa shape index (κ2) is 7.28. The Kier molecular flexibility index (Phi) is 4.90. The minimum atomic E-state index is 0.883. The van der Waals surface area contributed by atoms with E-state index in [-0.39, 0.29) is 0 Å². The second-order valence-corrected chi connectivity index (χ2v) is 5.84. The van der Waals surface area contributed by atoms with Crippen molar-refractivity contribution in [2.45, 2.75) is 32.2 Å². The van der Waals surface area contributed by atoms with Crippen molar-refractivity contribution < 1.29 is 4.74 Å². The Bertz CT molecular complexity index is 547. The van der Waals surface area contributed by atoms with Crippen LogP contribution in [0.4, 0.5) is 0 Å². The summed E-state index contributed by atoms with van der Waals surface area (Å²) in [5, 5.41) is 3.58. The van der Waals surface area contributed by atoms with Crippen molar-refractivity contribution in [2.24, 2.45) is 5.92 Å². The highest BCUT2D eigenvalue weighted by Crippen LogP contribution is 2.24. The highest BCUT2D eigenvalue weighted by Gasteiger charge is 2.13. The Morgan fingerprint density at radius 1 is 0.905 bits per heavy atom. The lowest BCUT2D eigenvalue weighted by Crippen LogP contribution is -2.20.